The van der Waals surface area contributed by atoms with Crippen molar-refractivity contribution in [2.45, 2.75) is 32.7 Å². The molecule has 0 aliphatic carbocycles. The highest BCUT2D eigenvalue weighted by Crippen LogP contribution is 2.10. The molecular weight excluding hydrogens is 206 g/mol. The van der Waals surface area contributed by atoms with Crippen LogP contribution < -0.4 is 5.32 Å². The fraction of sp³-hybridized carbons (Fsp3) is 0.545. The standard InChI is InChI=1S/C11H17N3O2/c1-3-9(12-4-2)7-10-5-6-11(8-13-10)14(15)16/h5-6,8-9,12H,3-4,7H2,1-2H3. The van der Waals surface area contributed by atoms with Gasteiger partial charge in [0.05, 0.1) is 4.92 Å². The Kier molecular flexibility index (Phi) is 4.85. The molecule has 0 saturated heterocycles. The number of hydrogen-bond acceptors (Lipinski definition) is 4. The zero-order valence-electron chi connectivity index (χ0n) is 9.64. The predicted molar refractivity (Wildman–Crippen MR) is 62.4 cm³/mol. The van der Waals surface area contributed by atoms with Crippen molar-refractivity contribution in [2.24, 2.45) is 0 Å². The van der Waals surface area contributed by atoms with E-state index in [1.807, 2.05) is 0 Å². The lowest BCUT2D eigenvalue weighted by Gasteiger charge is -2.14. The Morgan fingerprint density at radius 1 is 1.50 bits per heavy atom. The summed E-state index contributed by atoms with van der Waals surface area (Å²) in [7, 11) is 0. The third kappa shape index (κ3) is 3.58. The van der Waals surface area contributed by atoms with Gasteiger partial charge in [-0.25, -0.2) is 0 Å². The van der Waals surface area contributed by atoms with Crippen molar-refractivity contribution in [2.75, 3.05) is 6.54 Å². The van der Waals surface area contributed by atoms with E-state index in [0.717, 1.165) is 25.1 Å². The van der Waals surface area contributed by atoms with Gasteiger partial charge in [-0.1, -0.05) is 13.8 Å². The smallest absolute Gasteiger partial charge is 0.287 e. The first-order valence-corrected chi connectivity index (χ1v) is 5.50. The topological polar surface area (TPSA) is 68.1 Å². The summed E-state index contributed by atoms with van der Waals surface area (Å²) in [4.78, 5) is 14.1. The zero-order valence-corrected chi connectivity index (χ0v) is 9.64. The maximum atomic E-state index is 10.4. The predicted octanol–water partition coefficient (Wildman–Crippen LogP) is 1.92. The fourth-order valence-corrected chi connectivity index (χ4v) is 1.55. The Balaban J connectivity index is 2.63. The van der Waals surface area contributed by atoms with Crippen molar-refractivity contribution >= 4 is 5.69 Å². The van der Waals surface area contributed by atoms with Crippen LogP contribution in [0.15, 0.2) is 18.3 Å². The monoisotopic (exact) mass is 223 g/mol. The Labute approximate surface area is 95.0 Å². The van der Waals surface area contributed by atoms with Crippen molar-refractivity contribution in [1.82, 2.24) is 10.3 Å². The van der Waals surface area contributed by atoms with Gasteiger partial charge >= 0.3 is 0 Å². The van der Waals surface area contributed by atoms with Crippen LogP contribution in [0.4, 0.5) is 5.69 Å². The first-order valence-electron chi connectivity index (χ1n) is 5.50. The molecule has 1 unspecified atom stereocenters. The number of nitro groups is 1. The van der Waals surface area contributed by atoms with Crippen LogP contribution >= 0.6 is 0 Å². The minimum absolute atomic E-state index is 0.0419. The van der Waals surface area contributed by atoms with Gasteiger partial charge < -0.3 is 5.32 Å². The Morgan fingerprint density at radius 2 is 2.25 bits per heavy atom. The van der Waals surface area contributed by atoms with Crippen molar-refractivity contribution in [3.05, 3.63) is 34.1 Å². The molecule has 0 aliphatic rings. The summed E-state index contributed by atoms with van der Waals surface area (Å²) in [5.41, 5.74) is 0.929. The van der Waals surface area contributed by atoms with Gasteiger partial charge in [0.25, 0.3) is 5.69 Å². The number of aromatic nitrogens is 1. The maximum absolute atomic E-state index is 10.4. The summed E-state index contributed by atoms with van der Waals surface area (Å²) in [5, 5.41) is 13.8. The molecule has 1 aromatic rings. The van der Waals surface area contributed by atoms with E-state index < -0.39 is 4.92 Å². The largest absolute Gasteiger partial charge is 0.314 e. The normalized spacial score (nSPS) is 12.4. The van der Waals surface area contributed by atoms with E-state index >= 15 is 0 Å². The van der Waals surface area contributed by atoms with Gasteiger partial charge in [-0.05, 0) is 19.0 Å². The van der Waals surface area contributed by atoms with E-state index in [1.54, 1.807) is 6.07 Å². The fourth-order valence-electron chi connectivity index (χ4n) is 1.55. The van der Waals surface area contributed by atoms with Gasteiger partial charge in [0.2, 0.25) is 0 Å². The van der Waals surface area contributed by atoms with Gasteiger partial charge in [0.1, 0.15) is 6.20 Å². The molecule has 1 N–H and O–H groups in total. The third-order valence-electron chi connectivity index (χ3n) is 2.46. The van der Waals surface area contributed by atoms with Crippen molar-refractivity contribution in [3.8, 4) is 0 Å². The highest BCUT2D eigenvalue weighted by Gasteiger charge is 2.09. The molecule has 5 heteroatoms. The van der Waals surface area contributed by atoms with E-state index in [2.05, 4.69) is 24.1 Å². The SMILES string of the molecule is CCNC(CC)Cc1ccc([N+](=O)[O-])cn1. The summed E-state index contributed by atoms with van der Waals surface area (Å²) in [6.45, 7) is 5.09. The molecule has 1 heterocycles. The minimum atomic E-state index is -0.432. The van der Waals surface area contributed by atoms with Gasteiger partial charge in [-0.15, -0.1) is 0 Å². The molecule has 16 heavy (non-hydrogen) atoms. The average molecular weight is 223 g/mol. The van der Waals surface area contributed by atoms with E-state index in [0.29, 0.717) is 6.04 Å². The number of rotatable bonds is 6. The Morgan fingerprint density at radius 3 is 2.69 bits per heavy atom. The zero-order chi connectivity index (χ0) is 12.0. The summed E-state index contributed by atoms with van der Waals surface area (Å²) >= 11 is 0. The van der Waals surface area contributed by atoms with Crippen LogP contribution in [-0.4, -0.2) is 22.5 Å². The molecule has 0 aliphatic heterocycles. The quantitative estimate of drug-likeness (QED) is 0.591. The molecule has 0 aromatic carbocycles. The number of pyridine rings is 1. The van der Waals surface area contributed by atoms with Gasteiger partial charge in [-0.3, -0.25) is 15.1 Å². The molecule has 0 spiro atoms. The molecule has 0 saturated carbocycles. The second kappa shape index (κ2) is 6.17. The first kappa shape index (κ1) is 12.6. The number of nitrogens with one attached hydrogen (secondary N) is 1. The van der Waals surface area contributed by atoms with E-state index in [1.165, 1.54) is 12.3 Å². The highest BCUT2D eigenvalue weighted by molar-refractivity contribution is 5.26. The molecule has 0 bridgehead atoms. The van der Waals surface area contributed by atoms with Gasteiger partial charge in [-0.2, -0.15) is 0 Å². The van der Waals surface area contributed by atoms with Crippen LogP contribution in [0.2, 0.25) is 0 Å². The van der Waals surface area contributed by atoms with Crippen molar-refractivity contribution in [3.63, 3.8) is 0 Å². The summed E-state index contributed by atoms with van der Waals surface area (Å²) in [5.74, 6) is 0. The van der Waals surface area contributed by atoms with Crippen LogP contribution in [0.25, 0.3) is 0 Å². The second-order valence-electron chi connectivity index (χ2n) is 3.63. The van der Waals surface area contributed by atoms with Crippen molar-refractivity contribution in [1.29, 1.82) is 0 Å². The van der Waals surface area contributed by atoms with Gasteiger partial charge in [0.15, 0.2) is 0 Å². The lowest BCUT2D eigenvalue weighted by Crippen LogP contribution is -2.30. The summed E-state index contributed by atoms with van der Waals surface area (Å²) in [6, 6.07) is 3.61. The molecule has 0 radical (unpaired) electrons. The molecule has 1 rings (SSSR count). The number of nitrogens with zero attached hydrogens (tertiary/aromatic N) is 2. The molecule has 1 atom stereocenters. The molecule has 88 valence electrons. The van der Waals surface area contributed by atoms with Crippen LogP contribution in [-0.2, 0) is 6.42 Å². The molecule has 1 aromatic heterocycles. The minimum Gasteiger partial charge on any atom is -0.314 e. The summed E-state index contributed by atoms with van der Waals surface area (Å²) < 4.78 is 0. The first-order chi connectivity index (χ1) is 7.67. The summed E-state index contributed by atoms with van der Waals surface area (Å²) in [6.07, 6.45) is 3.14. The molecule has 5 nitrogen and oxygen atoms in total. The van der Waals surface area contributed by atoms with E-state index in [9.17, 15) is 10.1 Å². The number of likely N-dealkylation sites (N-methyl/N-ethyl adjacent to an activating group) is 1. The lowest BCUT2D eigenvalue weighted by molar-refractivity contribution is -0.385. The van der Waals surface area contributed by atoms with Crippen LogP contribution in [0, 0.1) is 10.1 Å². The van der Waals surface area contributed by atoms with E-state index in [4.69, 9.17) is 0 Å². The molecule has 0 amide bonds. The average Bonchev–Trinajstić information content (AvgIpc) is 2.29. The lowest BCUT2D eigenvalue weighted by atomic mass is 10.1. The second-order valence-corrected chi connectivity index (χ2v) is 3.63. The van der Waals surface area contributed by atoms with Crippen LogP contribution in [0.5, 0.6) is 0 Å². The molecule has 0 fully saturated rings. The Bertz CT molecular complexity index is 338. The number of hydrogen-bond donors (Lipinski definition) is 1. The molecular formula is C11H17N3O2. The van der Waals surface area contributed by atoms with Crippen LogP contribution in [0.3, 0.4) is 0 Å². The maximum Gasteiger partial charge on any atom is 0.287 e. The Hall–Kier alpha value is -1.49. The van der Waals surface area contributed by atoms with Crippen molar-refractivity contribution < 1.29 is 4.92 Å². The van der Waals surface area contributed by atoms with Gasteiger partial charge in [0, 0.05) is 24.2 Å². The van der Waals surface area contributed by atoms with Crippen LogP contribution in [0.1, 0.15) is 26.0 Å². The highest BCUT2D eigenvalue weighted by atomic mass is 16.6. The third-order valence-corrected chi connectivity index (χ3v) is 2.46. The van der Waals surface area contributed by atoms with E-state index in [-0.39, 0.29) is 5.69 Å².